The number of nitrogen functional groups attached to an aromatic ring is 1. The number of primary amides is 1. The zero-order valence-electron chi connectivity index (χ0n) is 18.9. The maximum atomic E-state index is 12.7. The van der Waals surface area contributed by atoms with E-state index in [0.717, 1.165) is 35.6 Å². The molecule has 0 aliphatic carbocycles. The molecule has 4 rings (SSSR count). The highest BCUT2D eigenvalue weighted by atomic mass is 32.1. The number of nitrogens with two attached hydrogens (primary N) is 2. The molecule has 0 saturated carbocycles. The highest BCUT2D eigenvalue weighted by molar-refractivity contribution is 7.21. The van der Waals surface area contributed by atoms with Crippen LogP contribution in [0.1, 0.15) is 15.2 Å². The summed E-state index contributed by atoms with van der Waals surface area (Å²) in [5, 5.41) is 17.5. The quantitative estimate of drug-likeness (QED) is 0.209. The van der Waals surface area contributed by atoms with Crippen molar-refractivity contribution in [1.82, 2.24) is 9.97 Å². The van der Waals surface area contributed by atoms with E-state index in [9.17, 15) is 22.8 Å². The number of nitrogens with one attached hydrogen (secondary N) is 3. The van der Waals surface area contributed by atoms with E-state index in [1.54, 1.807) is 24.3 Å². The smallest absolute Gasteiger partial charge is 0.397 e. The second kappa shape index (κ2) is 10.3. The molecule has 0 fully saturated rings. The number of rotatable bonds is 7. The molecule has 4 aromatic rings. The monoisotopic (exact) mass is 531 g/mol. The van der Waals surface area contributed by atoms with Crippen molar-refractivity contribution in [2.45, 2.75) is 6.18 Å². The van der Waals surface area contributed by atoms with Crippen molar-refractivity contribution in [3.05, 3.63) is 59.0 Å². The number of alkyl halides is 3. The van der Waals surface area contributed by atoms with E-state index in [0.29, 0.717) is 27.2 Å². The summed E-state index contributed by atoms with van der Waals surface area (Å²) in [5.74, 6) is -0.529. The standard InChI is InChI=1S/C23H20F3N7O3S/c24-23(25,26)12-4-6-13(7-5-12)30-22(36)31-14-3-1-2-11(10-14)17-15-16(27)18(19(28)35)37-20(15)33-21(32-17)29-8-9-34/h1-7,10,34H,8-9,27H2,(H2,28,35)(H,29,32,33)(H2,30,31,36). The van der Waals surface area contributed by atoms with Gasteiger partial charge < -0.3 is 32.5 Å². The number of halogens is 3. The predicted molar refractivity (Wildman–Crippen MR) is 135 cm³/mol. The van der Waals surface area contributed by atoms with Crippen LogP contribution in [-0.4, -0.2) is 40.2 Å². The highest BCUT2D eigenvalue weighted by Crippen LogP contribution is 2.39. The lowest BCUT2D eigenvalue weighted by Crippen LogP contribution is -2.19. The van der Waals surface area contributed by atoms with Crippen LogP contribution in [0.25, 0.3) is 21.5 Å². The Morgan fingerprint density at radius 3 is 2.38 bits per heavy atom. The van der Waals surface area contributed by atoms with Gasteiger partial charge in [-0.1, -0.05) is 12.1 Å². The lowest BCUT2D eigenvalue weighted by molar-refractivity contribution is -0.137. The summed E-state index contributed by atoms with van der Waals surface area (Å²) in [5.41, 5.74) is 12.3. The van der Waals surface area contributed by atoms with Crippen molar-refractivity contribution in [2.24, 2.45) is 5.73 Å². The fraction of sp³-hybridized carbons (Fsp3) is 0.130. The first-order valence-electron chi connectivity index (χ1n) is 10.7. The zero-order valence-corrected chi connectivity index (χ0v) is 19.7. The van der Waals surface area contributed by atoms with Gasteiger partial charge in [0, 0.05) is 23.5 Å². The van der Waals surface area contributed by atoms with E-state index in [1.807, 2.05) is 0 Å². The molecule has 0 aliphatic rings. The first-order chi connectivity index (χ1) is 17.6. The molecule has 2 aromatic heterocycles. The van der Waals surface area contributed by atoms with Crippen LogP contribution in [0, 0.1) is 0 Å². The number of carbonyl (C=O) groups excluding carboxylic acids is 2. The van der Waals surface area contributed by atoms with Crippen LogP contribution in [-0.2, 0) is 6.18 Å². The predicted octanol–water partition coefficient (Wildman–Crippen LogP) is 4.11. The Kier molecular flexibility index (Phi) is 7.13. The number of thiophene rings is 1. The molecule has 3 amide bonds. The Labute approximate surface area is 211 Å². The number of urea groups is 1. The molecule has 192 valence electrons. The van der Waals surface area contributed by atoms with Gasteiger partial charge in [-0.25, -0.2) is 14.8 Å². The summed E-state index contributed by atoms with van der Waals surface area (Å²) in [4.78, 5) is 33.6. The van der Waals surface area contributed by atoms with Crippen molar-refractivity contribution >= 4 is 56.5 Å². The van der Waals surface area contributed by atoms with Gasteiger partial charge in [0.25, 0.3) is 5.91 Å². The molecule has 0 unspecified atom stereocenters. The van der Waals surface area contributed by atoms with Gasteiger partial charge in [-0.15, -0.1) is 11.3 Å². The molecule has 0 aliphatic heterocycles. The lowest BCUT2D eigenvalue weighted by atomic mass is 10.1. The Morgan fingerprint density at radius 1 is 1.03 bits per heavy atom. The normalized spacial score (nSPS) is 11.4. The van der Waals surface area contributed by atoms with Crippen molar-refractivity contribution in [3.63, 3.8) is 0 Å². The fourth-order valence-electron chi connectivity index (χ4n) is 3.44. The number of hydrogen-bond donors (Lipinski definition) is 6. The highest BCUT2D eigenvalue weighted by Gasteiger charge is 2.30. The van der Waals surface area contributed by atoms with Crippen molar-refractivity contribution in [1.29, 1.82) is 0 Å². The largest absolute Gasteiger partial charge is 0.416 e. The summed E-state index contributed by atoms with van der Waals surface area (Å²) < 4.78 is 38.2. The molecule has 37 heavy (non-hydrogen) atoms. The summed E-state index contributed by atoms with van der Waals surface area (Å²) in [6.45, 7) is 0.0174. The molecular formula is C23H20F3N7O3S. The van der Waals surface area contributed by atoms with E-state index in [4.69, 9.17) is 16.6 Å². The second-order valence-electron chi connectivity index (χ2n) is 7.67. The van der Waals surface area contributed by atoms with Crippen LogP contribution in [0.5, 0.6) is 0 Å². The molecule has 0 bridgehead atoms. The third kappa shape index (κ3) is 5.70. The summed E-state index contributed by atoms with van der Waals surface area (Å²) in [6, 6.07) is 9.90. The van der Waals surface area contributed by atoms with E-state index in [1.165, 1.54) is 0 Å². The van der Waals surface area contributed by atoms with Gasteiger partial charge in [-0.05, 0) is 36.4 Å². The maximum Gasteiger partial charge on any atom is 0.416 e. The number of aliphatic hydroxyl groups excluding tert-OH is 1. The van der Waals surface area contributed by atoms with Gasteiger partial charge in [0.2, 0.25) is 5.95 Å². The Bertz CT molecular complexity index is 1470. The second-order valence-corrected chi connectivity index (χ2v) is 8.67. The van der Waals surface area contributed by atoms with E-state index in [-0.39, 0.29) is 35.4 Å². The molecule has 0 saturated heterocycles. The molecule has 8 N–H and O–H groups in total. The van der Waals surface area contributed by atoms with E-state index < -0.39 is 23.7 Å². The number of aromatic nitrogens is 2. The van der Waals surface area contributed by atoms with Crippen LogP contribution < -0.4 is 27.4 Å². The number of anilines is 4. The minimum atomic E-state index is -4.48. The molecule has 2 aromatic carbocycles. The summed E-state index contributed by atoms with van der Waals surface area (Å²) in [7, 11) is 0. The van der Waals surface area contributed by atoms with Gasteiger partial charge in [0.1, 0.15) is 9.71 Å². The van der Waals surface area contributed by atoms with Gasteiger partial charge in [0.05, 0.1) is 28.9 Å². The van der Waals surface area contributed by atoms with E-state index in [2.05, 4.69) is 25.9 Å². The SMILES string of the molecule is NC(=O)c1sc2nc(NCCO)nc(-c3cccc(NC(=O)Nc4ccc(C(F)(F)F)cc4)c3)c2c1N. The molecule has 0 atom stereocenters. The molecule has 14 heteroatoms. The van der Waals surface area contributed by atoms with Crippen LogP contribution in [0.3, 0.4) is 0 Å². The molecule has 0 radical (unpaired) electrons. The minimum absolute atomic E-state index is 0.120. The van der Waals surface area contributed by atoms with Crippen molar-refractivity contribution in [3.8, 4) is 11.3 Å². The Morgan fingerprint density at radius 2 is 1.73 bits per heavy atom. The average Bonchev–Trinajstić information content (AvgIpc) is 3.18. The van der Waals surface area contributed by atoms with Gasteiger partial charge in [-0.3, -0.25) is 4.79 Å². The first kappa shape index (κ1) is 25.7. The van der Waals surface area contributed by atoms with Crippen molar-refractivity contribution < 1.29 is 27.9 Å². The number of hydrogen-bond acceptors (Lipinski definition) is 8. The fourth-order valence-corrected chi connectivity index (χ4v) is 4.39. The molecule has 10 nitrogen and oxygen atoms in total. The number of carbonyl (C=O) groups is 2. The average molecular weight is 532 g/mol. The van der Waals surface area contributed by atoms with Gasteiger partial charge in [0.15, 0.2) is 0 Å². The number of nitrogens with zero attached hydrogens (tertiary/aromatic N) is 2. The third-order valence-corrected chi connectivity index (χ3v) is 6.19. The van der Waals surface area contributed by atoms with Gasteiger partial charge >= 0.3 is 12.2 Å². The molecular weight excluding hydrogens is 511 g/mol. The first-order valence-corrected chi connectivity index (χ1v) is 11.5. The number of fused-ring (bicyclic) bond motifs is 1. The number of amides is 3. The number of benzene rings is 2. The maximum absolute atomic E-state index is 12.7. The van der Waals surface area contributed by atoms with Crippen molar-refractivity contribution in [2.75, 3.05) is 34.8 Å². The Balaban J connectivity index is 1.63. The lowest BCUT2D eigenvalue weighted by Gasteiger charge is -2.12. The summed E-state index contributed by atoms with van der Waals surface area (Å²) >= 11 is 1.00. The zero-order chi connectivity index (χ0) is 26.7. The topological polar surface area (TPSA) is 168 Å². The Hall–Kier alpha value is -4.43. The van der Waals surface area contributed by atoms with Gasteiger partial charge in [-0.2, -0.15) is 13.2 Å². The molecule has 0 spiro atoms. The van der Waals surface area contributed by atoms with Crippen LogP contribution in [0.4, 0.5) is 41.0 Å². The van der Waals surface area contributed by atoms with Crippen LogP contribution >= 0.6 is 11.3 Å². The minimum Gasteiger partial charge on any atom is -0.397 e. The van der Waals surface area contributed by atoms with Crippen LogP contribution in [0.15, 0.2) is 48.5 Å². The van der Waals surface area contributed by atoms with Crippen LogP contribution in [0.2, 0.25) is 0 Å². The third-order valence-electron chi connectivity index (χ3n) is 5.07. The van der Waals surface area contributed by atoms with E-state index >= 15 is 0 Å². The number of aliphatic hydroxyl groups is 1. The molecule has 2 heterocycles. The summed E-state index contributed by atoms with van der Waals surface area (Å²) in [6.07, 6.45) is -4.48.